The van der Waals surface area contributed by atoms with Crippen LogP contribution in [0.15, 0.2) is 33.6 Å². The number of halogens is 1. The van der Waals surface area contributed by atoms with Crippen LogP contribution in [0.4, 0.5) is 0 Å². The van der Waals surface area contributed by atoms with Crippen molar-refractivity contribution in [3.05, 3.63) is 28.7 Å². The molecule has 0 radical (unpaired) electrons. The number of carbonyl (C=O) groups excluding carboxylic acids is 1. The van der Waals surface area contributed by atoms with Gasteiger partial charge in [-0.2, -0.15) is 0 Å². The second-order valence-electron chi connectivity index (χ2n) is 2.62. The largest absolute Gasteiger partial charge is 0.299 e. The molecule has 0 spiro atoms. The van der Waals surface area contributed by atoms with Crippen molar-refractivity contribution >= 4 is 32.5 Å². The molecule has 0 saturated heterocycles. The molecule has 13 heavy (non-hydrogen) atoms. The van der Waals surface area contributed by atoms with Gasteiger partial charge in [0.2, 0.25) is 0 Å². The van der Waals surface area contributed by atoms with Gasteiger partial charge in [0.05, 0.1) is 21.4 Å². The Labute approximate surface area is 87.9 Å². The molecule has 0 aliphatic heterocycles. The fraction of sp³-hybridized carbons (Fsp3) is 0.222. The van der Waals surface area contributed by atoms with Gasteiger partial charge in [0, 0.05) is 4.47 Å². The number of hydrogen-bond donors (Lipinski definition) is 0. The lowest BCUT2D eigenvalue weighted by Crippen LogP contribution is -2.06. The zero-order valence-corrected chi connectivity index (χ0v) is 9.52. The summed E-state index contributed by atoms with van der Waals surface area (Å²) in [5.41, 5.74) is 0. The minimum absolute atomic E-state index is 0.0610. The summed E-state index contributed by atoms with van der Waals surface area (Å²) in [5, 5.41) is 0. The van der Waals surface area contributed by atoms with Gasteiger partial charge in [0.1, 0.15) is 5.78 Å². The van der Waals surface area contributed by atoms with Crippen LogP contribution in [0.3, 0.4) is 0 Å². The van der Waals surface area contributed by atoms with Gasteiger partial charge >= 0.3 is 0 Å². The van der Waals surface area contributed by atoms with E-state index in [1.807, 2.05) is 12.1 Å². The van der Waals surface area contributed by atoms with E-state index in [4.69, 9.17) is 0 Å². The van der Waals surface area contributed by atoms with Crippen molar-refractivity contribution < 1.29 is 9.00 Å². The lowest BCUT2D eigenvalue weighted by atomic mass is 10.4. The molecule has 0 bridgehead atoms. The number of ketones is 1. The van der Waals surface area contributed by atoms with E-state index in [1.54, 1.807) is 12.1 Å². The van der Waals surface area contributed by atoms with Gasteiger partial charge in [-0.05, 0) is 35.0 Å². The summed E-state index contributed by atoms with van der Waals surface area (Å²) in [4.78, 5) is 11.4. The number of benzene rings is 1. The third-order valence-electron chi connectivity index (χ3n) is 1.42. The molecular formula is C9H9BrO2S. The molecule has 1 aromatic carbocycles. The monoisotopic (exact) mass is 260 g/mol. The van der Waals surface area contributed by atoms with E-state index in [0.717, 1.165) is 4.47 Å². The first-order valence-corrected chi connectivity index (χ1v) is 5.85. The van der Waals surface area contributed by atoms with E-state index >= 15 is 0 Å². The molecule has 0 fully saturated rings. The summed E-state index contributed by atoms with van der Waals surface area (Å²) in [5.74, 6) is 0.0249. The van der Waals surface area contributed by atoms with Crippen LogP contribution in [0, 0.1) is 0 Å². The van der Waals surface area contributed by atoms with Crippen LogP contribution in [-0.2, 0) is 15.6 Å². The van der Waals surface area contributed by atoms with Crippen LogP contribution in [0.2, 0.25) is 0 Å². The molecule has 1 rings (SSSR count). The first-order chi connectivity index (χ1) is 6.11. The highest BCUT2D eigenvalue weighted by Crippen LogP contribution is 2.19. The Balaban J connectivity index is 2.89. The topological polar surface area (TPSA) is 34.1 Å². The highest BCUT2D eigenvalue weighted by Gasteiger charge is 2.08. The summed E-state index contributed by atoms with van der Waals surface area (Å²) in [7, 11) is -1.22. The standard InChI is InChI=1S/C9H9BrO2S/c1-7(11)6-13(12)9-5-3-2-4-8(9)10/h2-5H,6H2,1H3. The normalized spacial score (nSPS) is 12.5. The molecule has 1 aromatic rings. The van der Waals surface area contributed by atoms with E-state index in [9.17, 15) is 9.00 Å². The van der Waals surface area contributed by atoms with Gasteiger partial charge in [0.15, 0.2) is 0 Å². The molecule has 0 aliphatic carbocycles. The molecule has 70 valence electrons. The lowest BCUT2D eigenvalue weighted by Gasteiger charge is -2.01. The first kappa shape index (κ1) is 10.6. The summed E-state index contributed by atoms with van der Waals surface area (Å²) in [6.07, 6.45) is 0. The van der Waals surface area contributed by atoms with Crippen LogP contribution >= 0.6 is 15.9 Å². The average molecular weight is 261 g/mol. The Kier molecular flexibility index (Phi) is 3.81. The zero-order valence-electron chi connectivity index (χ0n) is 7.12. The maximum atomic E-state index is 11.5. The smallest absolute Gasteiger partial charge is 0.142 e. The van der Waals surface area contributed by atoms with Gasteiger partial charge < -0.3 is 0 Å². The van der Waals surface area contributed by atoms with E-state index in [-0.39, 0.29) is 11.5 Å². The van der Waals surface area contributed by atoms with Crippen molar-refractivity contribution in [3.8, 4) is 0 Å². The van der Waals surface area contributed by atoms with Crippen molar-refractivity contribution in [3.63, 3.8) is 0 Å². The first-order valence-electron chi connectivity index (χ1n) is 3.73. The minimum Gasteiger partial charge on any atom is -0.299 e. The number of rotatable bonds is 3. The van der Waals surface area contributed by atoms with Gasteiger partial charge in [-0.3, -0.25) is 9.00 Å². The van der Waals surface area contributed by atoms with Crippen LogP contribution < -0.4 is 0 Å². The Morgan fingerprint density at radius 2 is 2.08 bits per heavy atom. The molecule has 4 heteroatoms. The quantitative estimate of drug-likeness (QED) is 0.835. The zero-order chi connectivity index (χ0) is 9.84. The summed E-state index contributed by atoms with van der Waals surface area (Å²) in [6, 6.07) is 7.22. The molecule has 0 amide bonds. The number of hydrogen-bond acceptors (Lipinski definition) is 2. The predicted molar refractivity (Wildman–Crippen MR) is 56.1 cm³/mol. The number of carbonyl (C=O) groups is 1. The van der Waals surface area contributed by atoms with E-state index in [2.05, 4.69) is 15.9 Å². The third-order valence-corrected chi connectivity index (χ3v) is 3.89. The van der Waals surface area contributed by atoms with Crippen molar-refractivity contribution in [2.45, 2.75) is 11.8 Å². The molecule has 0 N–H and O–H groups in total. The van der Waals surface area contributed by atoms with Crippen LogP contribution in [0.25, 0.3) is 0 Å². The van der Waals surface area contributed by atoms with Crippen molar-refractivity contribution in [1.82, 2.24) is 0 Å². The molecule has 1 unspecified atom stereocenters. The average Bonchev–Trinajstić information content (AvgIpc) is 2.03. The van der Waals surface area contributed by atoms with Crippen molar-refractivity contribution in [2.75, 3.05) is 5.75 Å². The van der Waals surface area contributed by atoms with E-state index in [1.165, 1.54) is 6.92 Å². The highest BCUT2D eigenvalue weighted by atomic mass is 79.9. The van der Waals surface area contributed by atoms with Gasteiger partial charge in [-0.1, -0.05) is 12.1 Å². The summed E-state index contributed by atoms with van der Waals surface area (Å²) in [6.45, 7) is 1.44. The molecule has 2 nitrogen and oxygen atoms in total. The minimum atomic E-state index is -1.22. The second-order valence-corrected chi connectivity index (χ2v) is 4.90. The molecule has 1 atom stereocenters. The van der Waals surface area contributed by atoms with Gasteiger partial charge in [-0.25, -0.2) is 0 Å². The lowest BCUT2D eigenvalue weighted by molar-refractivity contribution is -0.114. The Morgan fingerprint density at radius 3 is 2.62 bits per heavy atom. The molecule has 0 aliphatic rings. The Hall–Kier alpha value is -0.480. The molecule has 0 aromatic heterocycles. The SMILES string of the molecule is CC(=O)CS(=O)c1ccccc1Br. The summed E-state index contributed by atoms with van der Waals surface area (Å²) < 4.78 is 12.3. The Morgan fingerprint density at radius 1 is 1.46 bits per heavy atom. The van der Waals surface area contributed by atoms with Crippen LogP contribution in [0.5, 0.6) is 0 Å². The molecular weight excluding hydrogens is 252 g/mol. The highest BCUT2D eigenvalue weighted by molar-refractivity contribution is 9.10. The van der Waals surface area contributed by atoms with Gasteiger partial charge in [-0.15, -0.1) is 0 Å². The van der Waals surface area contributed by atoms with Gasteiger partial charge in [0.25, 0.3) is 0 Å². The Bertz CT molecular complexity index is 349. The maximum absolute atomic E-state index is 11.5. The fourth-order valence-electron chi connectivity index (χ4n) is 0.892. The van der Waals surface area contributed by atoms with Crippen LogP contribution in [-0.4, -0.2) is 15.7 Å². The second kappa shape index (κ2) is 4.67. The molecule has 0 saturated carbocycles. The fourth-order valence-corrected chi connectivity index (χ4v) is 2.76. The van der Waals surface area contributed by atoms with Crippen LogP contribution in [0.1, 0.15) is 6.92 Å². The van der Waals surface area contributed by atoms with E-state index in [0.29, 0.717) is 4.90 Å². The maximum Gasteiger partial charge on any atom is 0.142 e. The van der Waals surface area contributed by atoms with Crippen molar-refractivity contribution in [1.29, 1.82) is 0 Å². The number of Topliss-reactive ketones (excluding diaryl/α,β-unsaturated/α-hetero) is 1. The summed E-state index contributed by atoms with van der Waals surface area (Å²) >= 11 is 3.28. The van der Waals surface area contributed by atoms with E-state index < -0.39 is 10.8 Å². The molecule has 0 heterocycles. The predicted octanol–water partition coefficient (Wildman–Crippen LogP) is 2.15. The third kappa shape index (κ3) is 3.04. The van der Waals surface area contributed by atoms with Crippen molar-refractivity contribution in [2.24, 2.45) is 0 Å².